The quantitative estimate of drug-likeness (QED) is 0.315. The summed E-state index contributed by atoms with van der Waals surface area (Å²) in [7, 11) is 0. The number of hydrogen-bond donors (Lipinski definition) is 1. The van der Waals surface area contributed by atoms with Crippen LogP contribution in [-0.2, 0) is 4.79 Å². The summed E-state index contributed by atoms with van der Waals surface area (Å²) in [6.45, 7) is 1.99. The molecule has 5 aromatic rings. The van der Waals surface area contributed by atoms with Crippen LogP contribution in [0.4, 0.5) is 5.13 Å². The summed E-state index contributed by atoms with van der Waals surface area (Å²) in [6, 6.07) is 17.7. The number of furan rings is 1. The average molecular weight is 473 g/mol. The number of Topliss-reactive ketones (excluding diaryl/α,β-unsaturated/α-hetero) is 1. The van der Waals surface area contributed by atoms with Gasteiger partial charge >= 0.3 is 0 Å². The number of nitrogens with zero attached hydrogens (tertiary/aromatic N) is 2. The van der Waals surface area contributed by atoms with E-state index in [9.17, 15) is 14.7 Å². The number of carbonyl (C=O) groups is 2. The number of hydrogen-bond acceptors (Lipinski definition) is 7. The highest BCUT2D eigenvalue weighted by Crippen LogP contribution is 2.45. The summed E-state index contributed by atoms with van der Waals surface area (Å²) in [4.78, 5) is 33.7. The van der Waals surface area contributed by atoms with Crippen molar-refractivity contribution in [3.63, 3.8) is 0 Å². The van der Waals surface area contributed by atoms with Crippen molar-refractivity contribution in [2.75, 3.05) is 4.90 Å². The van der Waals surface area contributed by atoms with E-state index in [2.05, 4.69) is 4.98 Å². The van der Waals surface area contributed by atoms with Crippen LogP contribution >= 0.6 is 22.7 Å². The topological polar surface area (TPSA) is 83.6 Å². The summed E-state index contributed by atoms with van der Waals surface area (Å²) in [6.07, 6.45) is 0. The molecule has 0 fully saturated rings. The van der Waals surface area contributed by atoms with Crippen molar-refractivity contribution in [3.8, 4) is 0 Å². The molecule has 0 saturated heterocycles. The lowest BCUT2D eigenvalue weighted by atomic mass is 10.0. The number of amides is 1. The highest BCUT2D eigenvalue weighted by molar-refractivity contribution is 7.22. The number of para-hydroxylation sites is 1. The zero-order chi connectivity index (χ0) is 22.7. The van der Waals surface area contributed by atoms with Gasteiger partial charge in [0.25, 0.3) is 5.91 Å². The Bertz CT molecular complexity index is 1560. The lowest BCUT2D eigenvalue weighted by molar-refractivity contribution is -0.117. The van der Waals surface area contributed by atoms with Crippen molar-refractivity contribution < 1.29 is 19.1 Å². The van der Waals surface area contributed by atoms with Crippen LogP contribution in [0.25, 0.3) is 21.2 Å². The van der Waals surface area contributed by atoms with E-state index < -0.39 is 23.5 Å². The van der Waals surface area contributed by atoms with Crippen LogP contribution in [0.15, 0.2) is 81.8 Å². The molecule has 1 aliphatic rings. The molecule has 0 unspecified atom stereocenters. The molecule has 2 aromatic carbocycles. The third kappa shape index (κ3) is 3.10. The molecule has 1 N–H and O–H groups in total. The molecule has 0 bridgehead atoms. The number of aryl methyl sites for hydroxylation is 1. The monoisotopic (exact) mass is 472 g/mol. The number of anilines is 1. The Hall–Kier alpha value is -3.75. The Morgan fingerprint density at radius 1 is 1.12 bits per heavy atom. The Morgan fingerprint density at radius 3 is 2.76 bits per heavy atom. The van der Waals surface area contributed by atoms with Crippen molar-refractivity contribution in [2.24, 2.45) is 0 Å². The Kier molecular flexibility index (Phi) is 4.46. The van der Waals surface area contributed by atoms with Gasteiger partial charge in [-0.1, -0.05) is 41.7 Å². The van der Waals surface area contributed by atoms with Gasteiger partial charge in [-0.15, -0.1) is 11.3 Å². The highest BCUT2D eigenvalue weighted by atomic mass is 32.1. The molecule has 1 aliphatic heterocycles. The zero-order valence-electron chi connectivity index (χ0n) is 17.3. The zero-order valence-corrected chi connectivity index (χ0v) is 18.9. The van der Waals surface area contributed by atoms with E-state index in [1.54, 1.807) is 12.1 Å². The van der Waals surface area contributed by atoms with Crippen LogP contribution in [0.5, 0.6) is 0 Å². The number of aliphatic hydroxyl groups excluding tert-OH is 1. The van der Waals surface area contributed by atoms with Gasteiger partial charge in [-0.3, -0.25) is 14.5 Å². The first kappa shape index (κ1) is 19.9. The predicted octanol–water partition coefficient (Wildman–Crippen LogP) is 6.20. The smallest absolute Gasteiger partial charge is 0.296 e. The third-order valence-electron chi connectivity index (χ3n) is 5.65. The standard InChI is InChI=1S/C25H16N2O4S2/c1-13-8-9-15-19(11-13)33-25(26-15)27-21(18-7-4-10-32-18)20(23(29)24(27)30)22(28)17-12-14-5-2-3-6-16(14)31-17/h2-12,21,29H,1H3/t21-/m0/s1. The van der Waals surface area contributed by atoms with Crippen molar-refractivity contribution in [3.05, 3.63) is 93.6 Å². The van der Waals surface area contributed by atoms with Crippen molar-refractivity contribution >= 4 is 60.7 Å². The second kappa shape index (κ2) is 7.40. The van der Waals surface area contributed by atoms with Crippen molar-refractivity contribution in [1.82, 2.24) is 4.98 Å². The van der Waals surface area contributed by atoms with Gasteiger partial charge in [-0.2, -0.15) is 0 Å². The first-order valence-corrected chi connectivity index (χ1v) is 11.9. The second-order valence-corrected chi connectivity index (χ2v) is 9.79. The molecule has 6 nitrogen and oxygen atoms in total. The van der Waals surface area contributed by atoms with Crippen LogP contribution in [0.3, 0.4) is 0 Å². The number of fused-ring (bicyclic) bond motifs is 2. The maximum Gasteiger partial charge on any atom is 0.296 e. The number of thiazole rings is 1. The van der Waals surface area contributed by atoms with Gasteiger partial charge in [0.15, 0.2) is 16.7 Å². The second-order valence-electron chi connectivity index (χ2n) is 7.80. The van der Waals surface area contributed by atoms with Crippen LogP contribution in [0, 0.1) is 6.92 Å². The van der Waals surface area contributed by atoms with Gasteiger partial charge in [0.2, 0.25) is 5.78 Å². The van der Waals surface area contributed by atoms with E-state index in [0.29, 0.717) is 10.7 Å². The minimum atomic E-state index is -0.792. The number of aliphatic hydroxyl groups is 1. The molecule has 1 amide bonds. The fourth-order valence-corrected chi connectivity index (χ4v) is 6.01. The molecule has 0 saturated carbocycles. The molecule has 0 radical (unpaired) electrons. The lowest BCUT2D eigenvalue weighted by Crippen LogP contribution is -2.30. The molecular weight excluding hydrogens is 456 g/mol. The van der Waals surface area contributed by atoms with E-state index in [1.807, 2.05) is 60.8 Å². The summed E-state index contributed by atoms with van der Waals surface area (Å²) in [5.41, 5.74) is 2.41. The first-order valence-electron chi connectivity index (χ1n) is 10.2. The fraction of sp³-hybridized carbons (Fsp3) is 0.0800. The largest absolute Gasteiger partial charge is 0.503 e. The van der Waals surface area contributed by atoms with Gasteiger partial charge in [0.05, 0.1) is 15.8 Å². The molecule has 33 heavy (non-hydrogen) atoms. The predicted molar refractivity (Wildman–Crippen MR) is 129 cm³/mol. The van der Waals surface area contributed by atoms with Crippen LogP contribution in [-0.4, -0.2) is 21.8 Å². The van der Waals surface area contributed by atoms with Crippen LogP contribution < -0.4 is 4.90 Å². The molecule has 0 aliphatic carbocycles. The van der Waals surface area contributed by atoms with Gasteiger partial charge in [0, 0.05) is 10.3 Å². The van der Waals surface area contributed by atoms with Gasteiger partial charge in [-0.05, 0) is 48.2 Å². The van der Waals surface area contributed by atoms with E-state index in [4.69, 9.17) is 4.42 Å². The third-order valence-corrected chi connectivity index (χ3v) is 7.60. The van der Waals surface area contributed by atoms with Gasteiger partial charge in [0.1, 0.15) is 11.6 Å². The van der Waals surface area contributed by atoms with E-state index in [1.165, 1.54) is 27.6 Å². The number of thiophene rings is 1. The SMILES string of the molecule is Cc1ccc2nc(N3C(=O)C(O)=C(C(=O)c4cc5ccccc5o4)[C@@H]3c3cccs3)sc2c1. The minimum Gasteiger partial charge on any atom is -0.503 e. The molecule has 3 aromatic heterocycles. The molecule has 4 heterocycles. The molecule has 1 atom stereocenters. The number of benzene rings is 2. The number of aromatic nitrogens is 1. The van der Waals surface area contributed by atoms with Crippen molar-refractivity contribution in [1.29, 1.82) is 0 Å². The maximum atomic E-state index is 13.6. The summed E-state index contributed by atoms with van der Waals surface area (Å²) < 4.78 is 6.69. The Morgan fingerprint density at radius 2 is 1.97 bits per heavy atom. The average Bonchev–Trinajstić information content (AvgIpc) is 3.59. The summed E-state index contributed by atoms with van der Waals surface area (Å²) in [5.74, 6) is -1.67. The first-order chi connectivity index (χ1) is 16.0. The molecule has 0 spiro atoms. The van der Waals surface area contributed by atoms with E-state index in [-0.39, 0.29) is 11.3 Å². The van der Waals surface area contributed by atoms with Gasteiger partial charge < -0.3 is 9.52 Å². The van der Waals surface area contributed by atoms with E-state index >= 15 is 0 Å². The normalized spacial score (nSPS) is 16.5. The maximum absolute atomic E-state index is 13.6. The molecule has 162 valence electrons. The molecule has 6 rings (SSSR count). The number of carbonyl (C=O) groups excluding carboxylic acids is 2. The fourth-order valence-electron chi connectivity index (χ4n) is 4.10. The lowest BCUT2D eigenvalue weighted by Gasteiger charge is -2.22. The van der Waals surface area contributed by atoms with Crippen molar-refractivity contribution in [2.45, 2.75) is 13.0 Å². The van der Waals surface area contributed by atoms with Crippen LogP contribution in [0.1, 0.15) is 27.0 Å². The Labute approximate surface area is 196 Å². The Balaban J connectivity index is 1.49. The van der Waals surface area contributed by atoms with Gasteiger partial charge in [-0.25, -0.2) is 4.98 Å². The minimum absolute atomic E-state index is 0.00283. The molecular formula is C25H16N2O4S2. The summed E-state index contributed by atoms with van der Waals surface area (Å²) >= 11 is 2.76. The van der Waals surface area contributed by atoms with Crippen LogP contribution in [0.2, 0.25) is 0 Å². The molecule has 8 heteroatoms. The summed E-state index contributed by atoms with van der Waals surface area (Å²) in [5, 5.41) is 14.0. The van der Waals surface area contributed by atoms with E-state index in [0.717, 1.165) is 26.0 Å². The highest BCUT2D eigenvalue weighted by Gasteiger charge is 2.47. The number of ketones is 1. The number of rotatable bonds is 4.